The van der Waals surface area contributed by atoms with E-state index < -0.39 is 0 Å². The number of hydrogen-bond donors (Lipinski definition) is 1. The minimum Gasteiger partial charge on any atom is -0.391 e. The third kappa shape index (κ3) is 5.77. The molecule has 0 aromatic rings. The van der Waals surface area contributed by atoms with Gasteiger partial charge in [-0.3, -0.25) is 9.69 Å². The van der Waals surface area contributed by atoms with Crippen LogP contribution in [-0.4, -0.2) is 72.9 Å². The highest BCUT2D eigenvalue weighted by atomic mass is 16.5. The molecule has 118 valence electrons. The predicted octanol–water partition coefficient (Wildman–Crippen LogP) is 0.964. The third-order valence-electron chi connectivity index (χ3n) is 3.82. The number of nitrogens with zero attached hydrogens (tertiary/aromatic N) is 2. The second kappa shape index (κ2) is 7.96. The zero-order valence-electron chi connectivity index (χ0n) is 13.4. The van der Waals surface area contributed by atoms with E-state index in [1.165, 1.54) is 0 Å². The van der Waals surface area contributed by atoms with Crippen LogP contribution in [0.4, 0.5) is 0 Å². The average Bonchev–Trinajstić information content (AvgIpc) is 2.38. The molecule has 5 nitrogen and oxygen atoms in total. The van der Waals surface area contributed by atoms with Crippen LogP contribution >= 0.6 is 0 Å². The van der Waals surface area contributed by atoms with Crippen molar-refractivity contribution >= 4 is 5.91 Å². The first-order chi connectivity index (χ1) is 9.34. The molecule has 0 aromatic carbocycles. The minimum atomic E-state index is -0.331. The second-order valence-corrected chi connectivity index (χ2v) is 6.51. The fourth-order valence-electron chi connectivity index (χ4n) is 2.16. The summed E-state index contributed by atoms with van der Waals surface area (Å²) in [5.41, 5.74) is -0.0928. The van der Waals surface area contributed by atoms with Gasteiger partial charge in [-0.15, -0.1) is 0 Å². The molecule has 5 heteroatoms. The summed E-state index contributed by atoms with van der Waals surface area (Å²) in [7, 11) is 0. The van der Waals surface area contributed by atoms with Gasteiger partial charge in [-0.2, -0.15) is 0 Å². The van der Waals surface area contributed by atoms with E-state index in [-0.39, 0.29) is 17.4 Å². The smallest absolute Gasteiger partial charge is 0.224 e. The molecule has 1 rings (SSSR count). The summed E-state index contributed by atoms with van der Waals surface area (Å²) in [6.07, 6.45) is 0.140. The summed E-state index contributed by atoms with van der Waals surface area (Å²) < 4.78 is 5.22. The standard InChI is InChI=1S/C15H30N2O3/c1-5-20-11-6-14(19)17-9-7-16(8-10-17)12-13(18)15(2,3)4/h13,18H,5-12H2,1-4H3. The first kappa shape index (κ1) is 17.4. The molecule has 1 N–H and O–H groups in total. The Balaban J connectivity index is 2.27. The number of ether oxygens (including phenoxy) is 1. The quantitative estimate of drug-likeness (QED) is 0.739. The van der Waals surface area contributed by atoms with Gasteiger partial charge in [0.1, 0.15) is 0 Å². The van der Waals surface area contributed by atoms with Gasteiger partial charge >= 0.3 is 0 Å². The van der Waals surface area contributed by atoms with E-state index in [0.29, 0.717) is 26.2 Å². The lowest BCUT2D eigenvalue weighted by atomic mass is 9.89. The number of aliphatic hydroxyl groups is 1. The van der Waals surface area contributed by atoms with Crippen molar-refractivity contribution in [3.8, 4) is 0 Å². The van der Waals surface area contributed by atoms with Crippen molar-refractivity contribution < 1.29 is 14.6 Å². The highest BCUT2D eigenvalue weighted by Gasteiger charge is 2.27. The van der Waals surface area contributed by atoms with E-state index in [0.717, 1.165) is 26.2 Å². The highest BCUT2D eigenvalue weighted by Crippen LogP contribution is 2.20. The van der Waals surface area contributed by atoms with Crippen molar-refractivity contribution in [2.45, 2.75) is 40.2 Å². The van der Waals surface area contributed by atoms with E-state index in [1.54, 1.807) is 0 Å². The Morgan fingerprint density at radius 1 is 1.25 bits per heavy atom. The van der Waals surface area contributed by atoms with Crippen LogP contribution in [0.15, 0.2) is 0 Å². The highest BCUT2D eigenvalue weighted by molar-refractivity contribution is 5.76. The molecule has 20 heavy (non-hydrogen) atoms. The van der Waals surface area contributed by atoms with Gasteiger partial charge in [0, 0.05) is 39.3 Å². The number of piperazine rings is 1. The predicted molar refractivity (Wildman–Crippen MR) is 79.6 cm³/mol. The van der Waals surface area contributed by atoms with Crippen LogP contribution in [0.5, 0.6) is 0 Å². The molecule has 0 aromatic heterocycles. The number of aliphatic hydroxyl groups excluding tert-OH is 1. The minimum absolute atomic E-state index is 0.0928. The number of rotatable bonds is 6. The van der Waals surface area contributed by atoms with E-state index in [1.807, 2.05) is 32.6 Å². The van der Waals surface area contributed by atoms with Crippen LogP contribution in [0, 0.1) is 5.41 Å². The molecule has 0 spiro atoms. The van der Waals surface area contributed by atoms with Crippen LogP contribution in [0.1, 0.15) is 34.1 Å². The molecule has 1 fully saturated rings. The Morgan fingerprint density at radius 2 is 1.85 bits per heavy atom. The van der Waals surface area contributed by atoms with Crippen LogP contribution in [0.2, 0.25) is 0 Å². The number of hydrogen-bond acceptors (Lipinski definition) is 4. The lowest BCUT2D eigenvalue weighted by molar-refractivity contribution is -0.134. The van der Waals surface area contributed by atoms with E-state index in [4.69, 9.17) is 4.74 Å². The third-order valence-corrected chi connectivity index (χ3v) is 3.82. The summed E-state index contributed by atoms with van der Waals surface area (Å²) in [5.74, 6) is 0.175. The molecule has 1 aliphatic rings. The Morgan fingerprint density at radius 3 is 2.35 bits per heavy atom. The van der Waals surface area contributed by atoms with Gasteiger partial charge in [0.25, 0.3) is 0 Å². The monoisotopic (exact) mass is 286 g/mol. The number of β-amino-alcohol motifs (C(OH)–C–C–N with tert-alkyl or cyclic N) is 1. The first-order valence-corrected chi connectivity index (χ1v) is 7.60. The molecule has 1 amide bonds. The van der Waals surface area contributed by atoms with Gasteiger partial charge in [-0.05, 0) is 12.3 Å². The Hall–Kier alpha value is -0.650. The van der Waals surface area contributed by atoms with Crippen molar-refractivity contribution in [3.05, 3.63) is 0 Å². The maximum atomic E-state index is 11.9. The molecule has 1 heterocycles. The Bertz CT molecular complexity index is 294. The van der Waals surface area contributed by atoms with Gasteiger partial charge in [-0.25, -0.2) is 0 Å². The number of amides is 1. The lowest BCUT2D eigenvalue weighted by Gasteiger charge is -2.38. The molecule has 1 atom stereocenters. The van der Waals surface area contributed by atoms with Crippen molar-refractivity contribution in [2.75, 3.05) is 45.9 Å². The second-order valence-electron chi connectivity index (χ2n) is 6.51. The molecule has 0 aliphatic carbocycles. The van der Waals surface area contributed by atoms with Crippen LogP contribution in [0.3, 0.4) is 0 Å². The lowest BCUT2D eigenvalue weighted by Crippen LogP contribution is -2.51. The van der Waals surface area contributed by atoms with Gasteiger partial charge in [0.05, 0.1) is 19.1 Å². The topological polar surface area (TPSA) is 53.0 Å². The van der Waals surface area contributed by atoms with Crippen molar-refractivity contribution in [2.24, 2.45) is 5.41 Å². The number of carbonyl (C=O) groups excluding carboxylic acids is 1. The molecular formula is C15H30N2O3. The van der Waals surface area contributed by atoms with Crippen molar-refractivity contribution in [1.29, 1.82) is 0 Å². The maximum Gasteiger partial charge on any atom is 0.224 e. The van der Waals surface area contributed by atoms with Gasteiger partial charge in [0.2, 0.25) is 5.91 Å². The molecular weight excluding hydrogens is 256 g/mol. The molecule has 1 aliphatic heterocycles. The summed E-state index contributed by atoms with van der Waals surface area (Å²) in [6, 6.07) is 0. The summed E-state index contributed by atoms with van der Waals surface area (Å²) in [6.45, 7) is 13.1. The Labute approximate surface area is 122 Å². The summed E-state index contributed by atoms with van der Waals surface area (Å²) in [5, 5.41) is 10.1. The zero-order chi connectivity index (χ0) is 15.2. The normalized spacial score (nSPS) is 19.1. The molecule has 0 saturated carbocycles. The van der Waals surface area contributed by atoms with Crippen LogP contribution < -0.4 is 0 Å². The van der Waals surface area contributed by atoms with Gasteiger partial charge < -0.3 is 14.7 Å². The van der Waals surface area contributed by atoms with Gasteiger partial charge in [-0.1, -0.05) is 20.8 Å². The fraction of sp³-hybridized carbons (Fsp3) is 0.933. The Kier molecular flexibility index (Phi) is 6.92. The van der Waals surface area contributed by atoms with Crippen LogP contribution in [0.25, 0.3) is 0 Å². The fourth-order valence-corrected chi connectivity index (χ4v) is 2.16. The van der Waals surface area contributed by atoms with E-state index in [2.05, 4.69) is 4.90 Å². The molecule has 1 unspecified atom stereocenters. The van der Waals surface area contributed by atoms with Crippen molar-refractivity contribution in [3.63, 3.8) is 0 Å². The molecule has 0 radical (unpaired) electrons. The summed E-state index contributed by atoms with van der Waals surface area (Å²) >= 11 is 0. The largest absolute Gasteiger partial charge is 0.391 e. The first-order valence-electron chi connectivity index (χ1n) is 7.60. The van der Waals surface area contributed by atoms with Crippen LogP contribution in [-0.2, 0) is 9.53 Å². The molecule has 0 bridgehead atoms. The van der Waals surface area contributed by atoms with E-state index in [9.17, 15) is 9.90 Å². The SMILES string of the molecule is CCOCCC(=O)N1CCN(CC(O)C(C)(C)C)CC1. The maximum absolute atomic E-state index is 11.9. The molecule has 1 saturated heterocycles. The van der Waals surface area contributed by atoms with Crippen molar-refractivity contribution in [1.82, 2.24) is 9.80 Å². The average molecular weight is 286 g/mol. The van der Waals surface area contributed by atoms with E-state index >= 15 is 0 Å². The summed E-state index contributed by atoms with van der Waals surface area (Å²) in [4.78, 5) is 16.1. The van der Waals surface area contributed by atoms with Gasteiger partial charge in [0.15, 0.2) is 0 Å². The number of carbonyl (C=O) groups is 1. The zero-order valence-corrected chi connectivity index (χ0v) is 13.4.